The van der Waals surface area contributed by atoms with E-state index < -0.39 is 108 Å². The van der Waals surface area contributed by atoms with Gasteiger partial charge >= 0.3 is 5.97 Å². The summed E-state index contributed by atoms with van der Waals surface area (Å²) in [5.41, 5.74) is -3.44. The van der Waals surface area contributed by atoms with Gasteiger partial charge in [-0.25, -0.2) is 0 Å². The summed E-state index contributed by atoms with van der Waals surface area (Å²) < 4.78 is 45.1. The number of hydrogen-bond acceptors (Lipinski definition) is 16. The Labute approximate surface area is 381 Å². The molecule has 3 heterocycles. The minimum absolute atomic E-state index is 0.0165. The summed E-state index contributed by atoms with van der Waals surface area (Å²) in [5.74, 6) is -4.98. The Kier molecular flexibility index (Phi) is 19.8. The van der Waals surface area contributed by atoms with Crippen molar-refractivity contribution >= 4 is 11.8 Å². The summed E-state index contributed by atoms with van der Waals surface area (Å²) in [6, 6.07) is 9.63. The molecule has 1 aromatic carbocycles. The van der Waals surface area contributed by atoms with Gasteiger partial charge in [-0.3, -0.25) is 9.59 Å². The Balaban J connectivity index is 1.85. The third-order valence-corrected chi connectivity index (χ3v) is 14.2. The van der Waals surface area contributed by atoms with Crippen molar-refractivity contribution in [3.8, 4) is 0 Å². The quantitative estimate of drug-likeness (QED) is 0.110. The van der Waals surface area contributed by atoms with Gasteiger partial charge < -0.3 is 68.9 Å². The molecule has 1 aromatic rings. The van der Waals surface area contributed by atoms with Crippen LogP contribution in [0.5, 0.6) is 0 Å². The zero-order valence-corrected chi connectivity index (χ0v) is 40.6. The van der Waals surface area contributed by atoms with Gasteiger partial charge in [0.25, 0.3) is 0 Å². The molecule has 3 fully saturated rings. The van der Waals surface area contributed by atoms with E-state index in [4.69, 9.17) is 33.2 Å². The van der Waals surface area contributed by atoms with Crippen LogP contribution >= 0.6 is 0 Å². The maximum absolute atomic E-state index is 14.5. The Bertz CT molecular complexity index is 1600. The molecule has 16 nitrogen and oxygen atoms in total. The predicted molar refractivity (Wildman–Crippen MR) is 239 cm³/mol. The lowest BCUT2D eigenvalue weighted by molar-refractivity contribution is -0.321. The molecule has 19 atom stereocenters. The second-order valence-corrected chi connectivity index (χ2v) is 19.8. The first-order valence-electron chi connectivity index (χ1n) is 23.3. The third kappa shape index (κ3) is 13.1. The molecular formula is C48H82N2O14. The molecule has 16 heteroatoms. The van der Waals surface area contributed by atoms with Gasteiger partial charge in [0.1, 0.15) is 29.7 Å². The number of ether oxygens (including phenoxy) is 7. The molecule has 0 amide bonds. The summed E-state index contributed by atoms with van der Waals surface area (Å²) in [4.78, 5) is 30.8. The molecule has 0 radical (unpaired) electrons. The number of benzene rings is 1. The Morgan fingerprint density at radius 1 is 0.906 bits per heavy atom. The number of aliphatic hydroxyl groups is 5. The molecule has 0 spiro atoms. The first kappa shape index (κ1) is 54.4. The highest BCUT2D eigenvalue weighted by molar-refractivity contribution is 5.83. The summed E-state index contributed by atoms with van der Waals surface area (Å²) >= 11 is 0. The summed E-state index contributed by atoms with van der Waals surface area (Å²) in [7, 11) is 5.23. The summed E-state index contributed by atoms with van der Waals surface area (Å²) in [5, 5.41) is 61.2. The molecule has 3 saturated heterocycles. The normalized spacial score (nSPS) is 42.5. The smallest absolute Gasteiger partial charge is 0.311 e. The summed E-state index contributed by atoms with van der Waals surface area (Å²) in [6.45, 7) is 17.5. The number of nitrogens with one attached hydrogen (secondary N) is 1. The fourth-order valence-corrected chi connectivity index (χ4v) is 10.0. The van der Waals surface area contributed by atoms with Crippen LogP contribution < -0.4 is 5.32 Å². The number of Topliss-reactive ketones (excluding diaryl/α,β-unsaturated/α-hetero) is 1. The Morgan fingerprint density at radius 2 is 1.56 bits per heavy atom. The largest absolute Gasteiger partial charge is 0.459 e. The number of cyclic esters (lactones) is 1. The van der Waals surface area contributed by atoms with Gasteiger partial charge in [0.2, 0.25) is 0 Å². The highest BCUT2D eigenvalue weighted by Crippen LogP contribution is 2.42. The van der Waals surface area contributed by atoms with E-state index in [2.05, 4.69) is 5.32 Å². The maximum atomic E-state index is 14.5. The minimum atomic E-state index is -2.03. The number of rotatable bonds is 15. The van der Waals surface area contributed by atoms with E-state index in [0.29, 0.717) is 13.0 Å². The van der Waals surface area contributed by atoms with Crippen LogP contribution in [0.15, 0.2) is 30.3 Å². The van der Waals surface area contributed by atoms with Crippen LogP contribution in [-0.2, 0) is 49.2 Å². The fourth-order valence-electron chi connectivity index (χ4n) is 10.0. The van der Waals surface area contributed by atoms with E-state index in [0.717, 1.165) is 12.0 Å². The molecule has 0 aromatic heterocycles. The monoisotopic (exact) mass is 911 g/mol. The van der Waals surface area contributed by atoms with Gasteiger partial charge in [0, 0.05) is 43.9 Å². The molecule has 0 saturated carbocycles. The van der Waals surface area contributed by atoms with Crippen molar-refractivity contribution < 1.29 is 68.3 Å². The van der Waals surface area contributed by atoms with Gasteiger partial charge in [-0.05, 0) is 93.4 Å². The van der Waals surface area contributed by atoms with Crippen LogP contribution in [-0.4, -0.2) is 173 Å². The van der Waals surface area contributed by atoms with Crippen molar-refractivity contribution in [2.45, 2.75) is 192 Å². The fraction of sp³-hybridized carbons (Fsp3) is 0.833. The van der Waals surface area contributed by atoms with E-state index in [1.54, 1.807) is 41.5 Å². The average molecular weight is 911 g/mol. The summed E-state index contributed by atoms with van der Waals surface area (Å²) in [6.07, 6.45) is -10.0. The number of likely N-dealkylation sites (N-methyl/N-ethyl adjacent to an activating group) is 1. The standard InChI is InChI=1S/C48H82N2O14/c1-14-36-48(10,57)41(54)29(4)38(52)27(2)23-47(9,59-26-34(51)25-49-21-20-33-18-16-15-17-19-33)43(64-45-39(53)35(50(11)12)22-28(3)60-45)30(5)40(31(6)44(56)62-36)63-37-24-46(8,58-13)42(55)32(7)61-37/h15-19,27-32,34-37,39-43,45,49,51,53-55,57H,14,20-26H2,1-13H3/t27-,28-,29-,30+,31-,32+,34?,35+,36+,37+,39-,40+,41-,42+,43-,45+,46-,47+,48-/m1/s1. The Hall–Kier alpha value is -2.16. The number of carbonyl (C=O) groups excluding carboxylic acids is 2. The number of esters is 1. The molecule has 368 valence electrons. The molecular weight excluding hydrogens is 829 g/mol. The number of ketones is 1. The number of methoxy groups -OCH3 is 1. The number of carbonyl (C=O) groups is 2. The molecule has 1 unspecified atom stereocenters. The van der Waals surface area contributed by atoms with Crippen LogP contribution in [0, 0.1) is 23.7 Å². The van der Waals surface area contributed by atoms with E-state index in [9.17, 15) is 35.1 Å². The highest BCUT2D eigenvalue weighted by Gasteiger charge is 2.54. The molecule has 6 N–H and O–H groups in total. The van der Waals surface area contributed by atoms with Gasteiger partial charge in [-0.15, -0.1) is 0 Å². The van der Waals surface area contributed by atoms with Crippen molar-refractivity contribution in [3.05, 3.63) is 35.9 Å². The topological polar surface area (TPSA) is 215 Å². The second kappa shape index (κ2) is 23.2. The molecule has 4 rings (SSSR count). The zero-order valence-electron chi connectivity index (χ0n) is 40.6. The first-order valence-corrected chi connectivity index (χ1v) is 23.3. The Morgan fingerprint density at radius 3 is 2.17 bits per heavy atom. The van der Waals surface area contributed by atoms with Gasteiger partial charge in [-0.2, -0.15) is 0 Å². The van der Waals surface area contributed by atoms with Crippen LogP contribution in [0.2, 0.25) is 0 Å². The van der Waals surface area contributed by atoms with Crippen molar-refractivity contribution in [3.63, 3.8) is 0 Å². The first-order chi connectivity index (χ1) is 29.9. The number of aliphatic hydroxyl groups excluding tert-OH is 4. The molecule has 0 aliphatic carbocycles. The van der Waals surface area contributed by atoms with Crippen molar-refractivity contribution in [1.29, 1.82) is 0 Å². The maximum Gasteiger partial charge on any atom is 0.311 e. The van der Waals surface area contributed by atoms with Crippen molar-refractivity contribution in [2.75, 3.05) is 40.9 Å². The minimum Gasteiger partial charge on any atom is -0.459 e. The van der Waals surface area contributed by atoms with E-state index in [1.807, 2.05) is 63.2 Å². The zero-order chi connectivity index (χ0) is 47.9. The van der Waals surface area contributed by atoms with E-state index in [-0.39, 0.29) is 50.3 Å². The predicted octanol–water partition coefficient (Wildman–Crippen LogP) is 3.00. The molecule has 3 aliphatic rings. The van der Waals surface area contributed by atoms with E-state index in [1.165, 1.54) is 21.0 Å². The third-order valence-electron chi connectivity index (χ3n) is 14.2. The van der Waals surface area contributed by atoms with Crippen LogP contribution in [0.4, 0.5) is 0 Å². The highest BCUT2D eigenvalue weighted by atomic mass is 16.7. The lowest BCUT2D eigenvalue weighted by Crippen LogP contribution is -2.62. The molecule has 64 heavy (non-hydrogen) atoms. The van der Waals surface area contributed by atoms with Gasteiger partial charge in [0.05, 0.1) is 60.4 Å². The van der Waals surface area contributed by atoms with Crippen LogP contribution in [0.3, 0.4) is 0 Å². The lowest BCUT2D eigenvalue weighted by Gasteiger charge is -2.50. The molecule has 0 bridgehead atoms. The van der Waals surface area contributed by atoms with E-state index >= 15 is 0 Å². The molecule has 3 aliphatic heterocycles. The van der Waals surface area contributed by atoms with Crippen LogP contribution in [0.1, 0.15) is 100 Å². The van der Waals surface area contributed by atoms with Crippen molar-refractivity contribution in [2.24, 2.45) is 23.7 Å². The number of hydrogen-bond donors (Lipinski definition) is 6. The average Bonchev–Trinajstić information content (AvgIpc) is 3.25. The second-order valence-electron chi connectivity index (χ2n) is 19.8. The van der Waals surface area contributed by atoms with Crippen LogP contribution in [0.25, 0.3) is 0 Å². The lowest BCUT2D eigenvalue weighted by atomic mass is 9.73. The number of nitrogens with zero attached hydrogens (tertiary/aromatic N) is 1. The van der Waals surface area contributed by atoms with Gasteiger partial charge in [0.15, 0.2) is 12.6 Å². The SMILES string of the molecule is CC[C@@H]1OC(=O)[C@H](C)[C@@H](O[C@H]2C[C@@](C)(OC)[C@@H](O)[C@H](C)O2)[C@H](C)[C@@H](O[C@@H]2O[C@H](C)C[C@H](N(C)C)[C@H]2O)[C@@](C)(OCC(O)CNCCc2ccccc2)C[C@@H](C)C(=O)[C@@H](C)[C@@H](O)[C@]1(C)O. The van der Waals surface area contributed by atoms with Crippen molar-refractivity contribution in [1.82, 2.24) is 10.2 Å². The van der Waals surface area contributed by atoms with Gasteiger partial charge in [-0.1, -0.05) is 58.0 Å².